The number of benzene rings is 2. The first-order chi connectivity index (χ1) is 9.22. The topological polar surface area (TPSA) is 29.5 Å². The summed E-state index contributed by atoms with van der Waals surface area (Å²) in [6.07, 6.45) is 0. The maximum absolute atomic E-state index is 9.37. The quantitative estimate of drug-likeness (QED) is 0.748. The fourth-order valence-corrected chi connectivity index (χ4v) is 3.16. The Balaban J connectivity index is 1.80. The van der Waals surface area contributed by atoms with E-state index in [9.17, 15) is 5.11 Å². The van der Waals surface area contributed by atoms with Crippen LogP contribution < -0.4 is 4.74 Å². The van der Waals surface area contributed by atoms with Crippen LogP contribution in [0, 0.1) is 0 Å². The van der Waals surface area contributed by atoms with Gasteiger partial charge in [-0.1, -0.05) is 23.7 Å². The normalized spacial score (nSPS) is 10.8. The van der Waals surface area contributed by atoms with E-state index in [-0.39, 0.29) is 5.75 Å². The average molecular weight is 291 g/mol. The molecular formula is C15H11ClO2S. The second-order valence-corrected chi connectivity index (χ2v) is 5.73. The van der Waals surface area contributed by atoms with E-state index < -0.39 is 0 Å². The summed E-state index contributed by atoms with van der Waals surface area (Å²) in [4.78, 5) is 1.10. The molecule has 0 aliphatic heterocycles. The van der Waals surface area contributed by atoms with Gasteiger partial charge in [0.25, 0.3) is 0 Å². The Morgan fingerprint density at radius 3 is 2.74 bits per heavy atom. The number of hydrogen-bond acceptors (Lipinski definition) is 3. The molecule has 2 nitrogen and oxygen atoms in total. The molecule has 0 aliphatic rings. The zero-order chi connectivity index (χ0) is 13.2. The summed E-state index contributed by atoms with van der Waals surface area (Å²) in [7, 11) is 0. The molecule has 0 saturated heterocycles. The van der Waals surface area contributed by atoms with Crippen molar-refractivity contribution in [2.45, 2.75) is 6.61 Å². The number of thiophene rings is 1. The van der Waals surface area contributed by atoms with E-state index >= 15 is 0 Å². The van der Waals surface area contributed by atoms with Crippen molar-refractivity contribution in [3.63, 3.8) is 0 Å². The van der Waals surface area contributed by atoms with Crippen molar-refractivity contribution >= 4 is 33.0 Å². The smallest absolute Gasteiger partial charge is 0.123 e. The SMILES string of the molecule is Oc1cccc(OCc2cc3c(Cl)cccc3s2)c1. The van der Waals surface area contributed by atoms with Gasteiger partial charge in [0.05, 0.1) is 0 Å². The fraction of sp³-hybridized carbons (Fsp3) is 0.0667. The minimum Gasteiger partial charge on any atom is -0.508 e. The predicted octanol–water partition coefficient (Wildman–Crippen LogP) is 4.84. The van der Waals surface area contributed by atoms with E-state index in [1.807, 2.05) is 30.3 Å². The maximum atomic E-state index is 9.37. The Bertz CT molecular complexity index is 721. The van der Waals surface area contributed by atoms with Gasteiger partial charge in [-0.25, -0.2) is 0 Å². The van der Waals surface area contributed by atoms with Gasteiger partial charge in [0.1, 0.15) is 18.1 Å². The Morgan fingerprint density at radius 1 is 1.11 bits per heavy atom. The number of phenols is 1. The first-order valence-electron chi connectivity index (χ1n) is 5.81. The minimum absolute atomic E-state index is 0.205. The Kier molecular flexibility index (Phi) is 3.32. The summed E-state index contributed by atoms with van der Waals surface area (Å²) in [6.45, 7) is 0.471. The molecule has 1 aromatic heterocycles. The number of phenolic OH excluding ortho intramolecular Hbond substituents is 1. The Morgan fingerprint density at radius 2 is 1.95 bits per heavy atom. The number of aromatic hydroxyl groups is 1. The zero-order valence-corrected chi connectivity index (χ0v) is 11.5. The third-order valence-electron chi connectivity index (χ3n) is 2.76. The third kappa shape index (κ3) is 2.67. The van der Waals surface area contributed by atoms with Crippen molar-refractivity contribution in [1.82, 2.24) is 0 Å². The molecule has 3 rings (SSSR count). The van der Waals surface area contributed by atoms with Crippen LogP contribution in [0.1, 0.15) is 4.88 Å². The van der Waals surface area contributed by atoms with E-state index in [1.165, 1.54) is 0 Å². The van der Waals surface area contributed by atoms with E-state index in [4.69, 9.17) is 16.3 Å². The summed E-state index contributed by atoms with van der Waals surface area (Å²) in [6, 6.07) is 14.7. The van der Waals surface area contributed by atoms with E-state index in [1.54, 1.807) is 29.5 Å². The molecule has 3 aromatic rings. The maximum Gasteiger partial charge on any atom is 0.123 e. The highest BCUT2D eigenvalue weighted by atomic mass is 35.5. The molecule has 19 heavy (non-hydrogen) atoms. The molecule has 0 atom stereocenters. The molecule has 2 aromatic carbocycles. The van der Waals surface area contributed by atoms with Gasteiger partial charge in [-0.05, 0) is 30.3 Å². The lowest BCUT2D eigenvalue weighted by Crippen LogP contribution is -1.91. The number of fused-ring (bicyclic) bond motifs is 1. The molecule has 0 saturated carbocycles. The monoisotopic (exact) mass is 290 g/mol. The first-order valence-corrected chi connectivity index (χ1v) is 7.00. The van der Waals surface area contributed by atoms with Gasteiger partial charge >= 0.3 is 0 Å². The van der Waals surface area contributed by atoms with Gasteiger partial charge in [-0.2, -0.15) is 0 Å². The van der Waals surface area contributed by atoms with Gasteiger partial charge in [-0.15, -0.1) is 11.3 Å². The molecule has 0 aliphatic carbocycles. The number of ether oxygens (including phenoxy) is 1. The minimum atomic E-state index is 0.205. The molecule has 4 heteroatoms. The van der Waals surface area contributed by atoms with E-state index in [0.717, 1.165) is 20.0 Å². The highest BCUT2D eigenvalue weighted by Gasteiger charge is 2.05. The van der Waals surface area contributed by atoms with Crippen LogP contribution in [0.3, 0.4) is 0 Å². The van der Waals surface area contributed by atoms with Crippen LogP contribution in [0.25, 0.3) is 10.1 Å². The summed E-state index contributed by atoms with van der Waals surface area (Å²) >= 11 is 7.80. The average Bonchev–Trinajstić information content (AvgIpc) is 2.81. The van der Waals surface area contributed by atoms with Crippen LogP contribution in [0.4, 0.5) is 0 Å². The second-order valence-electron chi connectivity index (χ2n) is 4.15. The molecule has 0 spiro atoms. The molecule has 0 amide bonds. The van der Waals surface area contributed by atoms with Gasteiger partial charge < -0.3 is 9.84 Å². The van der Waals surface area contributed by atoms with Gasteiger partial charge in [0, 0.05) is 26.1 Å². The van der Waals surface area contributed by atoms with Gasteiger partial charge in [-0.3, -0.25) is 0 Å². The fourth-order valence-electron chi connectivity index (χ4n) is 1.88. The van der Waals surface area contributed by atoms with Gasteiger partial charge in [0.2, 0.25) is 0 Å². The molecule has 96 valence electrons. The van der Waals surface area contributed by atoms with Crippen molar-refractivity contribution < 1.29 is 9.84 Å². The molecular weight excluding hydrogens is 280 g/mol. The molecule has 0 bridgehead atoms. The third-order valence-corrected chi connectivity index (χ3v) is 4.16. The number of halogens is 1. The first kappa shape index (κ1) is 12.3. The summed E-state index contributed by atoms with van der Waals surface area (Å²) in [5, 5.41) is 11.2. The standard InChI is InChI=1S/C15H11ClO2S/c16-14-5-2-6-15-13(14)8-12(19-15)9-18-11-4-1-3-10(17)7-11/h1-8,17H,9H2. The van der Waals surface area contributed by atoms with Crippen LogP contribution in [0.5, 0.6) is 11.5 Å². The molecule has 0 unspecified atom stereocenters. The van der Waals surface area contributed by atoms with Crippen LogP contribution >= 0.6 is 22.9 Å². The largest absolute Gasteiger partial charge is 0.508 e. The van der Waals surface area contributed by atoms with Crippen molar-refractivity contribution in [3.8, 4) is 11.5 Å². The van der Waals surface area contributed by atoms with Gasteiger partial charge in [0.15, 0.2) is 0 Å². The molecule has 1 heterocycles. The molecule has 0 radical (unpaired) electrons. The molecule has 0 fully saturated rings. The zero-order valence-electron chi connectivity index (χ0n) is 9.97. The summed E-state index contributed by atoms with van der Waals surface area (Å²) in [5.74, 6) is 0.862. The van der Waals surface area contributed by atoms with Crippen molar-refractivity contribution in [2.24, 2.45) is 0 Å². The van der Waals surface area contributed by atoms with Crippen molar-refractivity contribution in [1.29, 1.82) is 0 Å². The van der Waals surface area contributed by atoms with Crippen LogP contribution in [-0.4, -0.2) is 5.11 Å². The lowest BCUT2D eigenvalue weighted by atomic mass is 10.2. The second kappa shape index (κ2) is 5.11. The number of rotatable bonds is 3. The predicted molar refractivity (Wildman–Crippen MR) is 79.3 cm³/mol. The van der Waals surface area contributed by atoms with E-state index in [2.05, 4.69) is 0 Å². The lowest BCUT2D eigenvalue weighted by Gasteiger charge is -2.04. The Hall–Kier alpha value is -1.71. The number of hydrogen-bond donors (Lipinski definition) is 1. The van der Waals surface area contributed by atoms with Crippen molar-refractivity contribution in [3.05, 3.63) is 58.4 Å². The lowest BCUT2D eigenvalue weighted by molar-refractivity contribution is 0.308. The summed E-state index contributed by atoms with van der Waals surface area (Å²) < 4.78 is 6.80. The van der Waals surface area contributed by atoms with Crippen LogP contribution in [0.15, 0.2) is 48.5 Å². The molecule has 1 N–H and O–H groups in total. The van der Waals surface area contributed by atoms with Crippen molar-refractivity contribution in [2.75, 3.05) is 0 Å². The highest BCUT2D eigenvalue weighted by Crippen LogP contribution is 2.31. The van der Waals surface area contributed by atoms with Crippen LogP contribution in [0.2, 0.25) is 5.02 Å². The Labute approximate surface area is 119 Å². The summed E-state index contributed by atoms with van der Waals surface area (Å²) in [5.41, 5.74) is 0. The van der Waals surface area contributed by atoms with Crippen LogP contribution in [-0.2, 0) is 6.61 Å². The van der Waals surface area contributed by atoms with E-state index in [0.29, 0.717) is 12.4 Å². The highest BCUT2D eigenvalue weighted by molar-refractivity contribution is 7.19.